The van der Waals surface area contributed by atoms with E-state index in [1.807, 2.05) is 6.92 Å². The highest BCUT2D eigenvalue weighted by atomic mass is 32.1. The summed E-state index contributed by atoms with van der Waals surface area (Å²) >= 11 is 1.52. The van der Waals surface area contributed by atoms with E-state index >= 15 is 0 Å². The van der Waals surface area contributed by atoms with Crippen LogP contribution in [0.1, 0.15) is 34.8 Å². The number of fused-ring (bicyclic) bond motifs is 1. The third kappa shape index (κ3) is 3.65. The van der Waals surface area contributed by atoms with E-state index in [-0.39, 0.29) is 18.5 Å². The average molecular weight is 402 g/mol. The average Bonchev–Trinajstić information content (AvgIpc) is 3.23. The molecule has 2 N–H and O–H groups in total. The molecule has 4 rings (SSSR count). The Morgan fingerprint density at radius 3 is 2.64 bits per heavy atom. The van der Waals surface area contributed by atoms with Gasteiger partial charge < -0.3 is 10.2 Å². The number of hydrogen-bond donors (Lipinski definition) is 2. The maximum Gasteiger partial charge on any atom is 0.230 e. The van der Waals surface area contributed by atoms with Crippen molar-refractivity contribution in [2.75, 3.05) is 39.3 Å². The highest BCUT2D eigenvalue weighted by Crippen LogP contribution is 2.40. The number of nitrogens with zero attached hydrogens (tertiary/aromatic N) is 5. The van der Waals surface area contributed by atoms with Crippen LogP contribution in [0.25, 0.3) is 4.96 Å². The minimum Gasteiger partial charge on any atom is -0.492 e. The van der Waals surface area contributed by atoms with Gasteiger partial charge in [0.2, 0.25) is 10.8 Å². The summed E-state index contributed by atoms with van der Waals surface area (Å²) in [7, 11) is 0. The Morgan fingerprint density at radius 1 is 1.21 bits per heavy atom. The second kappa shape index (κ2) is 8.16. The summed E-state index contributed by atoms with van der Waals surface area (Å²) in [5.41, 5.74) is 2.37. The number of aromatic hydroxyl groups is 1. The van der Waals surface area contributed by atoms with Gasteiger partial charge in [-0.1, -0.05) is 48.1 Å². The van der Waals surface area contributed by atoms with Gasteiger partial charge in [-0.15, -0.1) is 5.10 Å². The number of β-amino-alcohol motifs (C(OH)–C–C–N with tert-alkyl or cyclic N) is 1. The van der Waals surface area contributed by atoms with Crippen LogP contribution >= 0.6 is 11.3 Å². The molecular formula is C20H27N5O2S. The zero-order valence-corrected chi connectivity index (χ0v) is 17.2. The van der Waals surface area contributed by atoms with Crippen molar-refractivity contribution in [3.05, 3.63) is 46.1 Å². The maximum atomic E-state index is 11.0. The van der Waals surface area contributed by atoms with Gasteiger partial charge in [0.25, 0.3) is 0 Å². The number of benzene rings is 1. The Hall–Kier alpha value is -2.00. The number of rotatable bonds is 6. The first-order valence-corrected chi connectivity index (χ1v) is 10.6. The number of aliphatic hydroxyl groups excluding tert-OH is 1. The van der Waals surface area contributed by atoms with Gasteiger partial charge >= 0.3 is 0 Å². The van der Waals surface area contributed by atoms with E-state index in [0.717, 1.165) is 48.3 Å². The number of aromatic nitrogens is 3. The zero-order chi connectivity index (χ0) is 19.7. The van der Waals surface area contributed by atoms with E-state index in [2.05, 4.69) is 51.1 Å². The molecule has 1 saturated heterocycles. The standard InChI is InChI=1S/C20H27N5O2S/c1-3-16-21-20-25(22-16)19(27)18(28-20)17(15-6-4-5-14(2)13-15)24-9-7-23(8-10-24)11-12-26/h4-6,13,17,26-27H,3,7-12H2,1-2H3. The molecule has 3 aromatic rings. The number of hydrogen-bond acceptors (Lipinski definition) is 7. The summed E-state index contributed by atoms with van der Waals surface area (Å²) in [4.78, 5) is 10.9. The van der Waals surface area contributed by atoms with E-state index in [1.54, 1.807) is 4.52 Å². The SMILES string of the molecule is CCc1nc2sc(C(c3cccc(C)c3)N3CCN(CCO)CC3)c(O)n2n1. The predicted octanol–water partition coefficient (Wildman–Crippen LogP) is 2.07. The molecule has 1 unspecified atom stereocenters. The number of thiazole rings is 1. The summed E-state index contributed by atoms with van der Waals surface area (Å²) in [6.07, 6.45) is 0.747. The molecule has 1 fully saturated rings. The second-order valence-electron chi connectivity index (χ2n) is 7.28. The van der Waals surface area contributed by atoms with Crippen molar-refractivity contribution >= 4 is 16.3 Å². The lowest BCUT2D eigenvalue weighted by Gasteiger charge is -2.39. The minimum absolute atomic E-state index is 0.0326. The monoisotopic (exact) mass is 401 g/mol. The van der Waals surface area contributed by atoms with Crippen molar-refractivity contribution in [3.63, 3.8) is 0 Å². The summed E-state index contributed by atoms with van der Waals surface area (Å²) in [6, 6.07) is 8.45. The van der Waals surface area contributed by atoms with Crippen LogP contribution < -0.4 is 0 Å². The Labute approximate surface area is 168 Å². The fraction of sp³-hybridized carbons (Fsp3) is 0.500. The zero-order valence-electron chi connectivity index (χ0n) is 16.4. The molecule has 7 nitrogen and oxygen atoms in total. The first-order valence-electron chi connectivity index (χ1n) is 9.81. The summed E-state index contributed by atoms with van der Waals surface area (Å²) in [6.45, 7) is 8.59. The van der Waals surface area contributed by atoms with Crippen molar-refractivity contribution in [2.24, 2.45) is 0 Å². The van der Waals surface area contributed by atoms with Crippen LogP contribution in [-0.4, -0.2) is 73.9 Å². The van der Waals surface area contributed by atoms with E-state index in [9.17, 15) is 10.2 Å². The Morgan fingerprint density at radius 2 is 2.00 bits per heavy atom. The lowest BCUT2D eigenvalue weighted by Crippen LogP contribution is -2.48. The molecule has 3 heterocycles. The summed E-state index contributed by atoms with van der Waals surface area (Å²) < 4.78 is 1.57. The maximum absolute atomic E-state index is 11.0. The van der Waals surface area contributed by atoms with Crippen LogP contribution in [0.4, 0.5) is 0 Å². The van der Waals surface area contributed by atoms with E-state index in [4.69, 9.17) is 0 Å². The normalized spacial score (nSPS) is 17.4. The fourth-order valence-corrected chi connectivity index (χ4v) is 5.01. The molecule has 0 spiro atoms. The van der Waals surface area contributed by atoms with Crippen molar-refractivity contribution in [3.8, 4) is 5.88 Å². The number of aryl methyl sites for hydroxylation is 2. The molecule has 1 aliphatic rings. The molecule has 0 bridgehead atoms. The molecule has 0 amide bonds. The molecule has 150 valence electrons. The molecule has 1 atom stereocenters. The highest BCUT2D eigenvalue weighted by Gasteiger charge is 2.31. The molecule has 0 saturated carbocycles. The van der Waals surface area contributed by atoms with Crippen LogP contribution in [0.3, 0.4) is 0 Å². The summed E-state index contributed by atoms with van der Waals surface area (Å²) in [5.74, 6) is 0.939. The Balaban J connectivity index is 1.71. The lowest BCUT2D eigenvalue weighted by atomic mass is 10.0. The van der Waals surface area contributed by atoms with Crippen molar-refractivity contribution < 1.29 is 10.2 Å². The predicted molar refractivity (Wildman–Crippen MR) is 110 cm³/mol. The smallest absolute Gasteiger partial charge is 0.230 e. The largest absolute Gasteiger partial charge is 0.492 e. The molecule has 1 aromatic carbocycles. The van der Waals surface area contributed by atoms with Gasteiger partial charge in [-0.2, -0.15) is 4.52 Å². The lowest BCUT2D eigenvalue weighted by molar-refractivity contribution is 0.0945. The van der Waals surface area contributed by atoms with Gasteiger partial charge in [0.05, 0.1) is 17.5 Å². The summed E-state index contributed by atoms with van der Waals surface area (Å²) in [5, 5.41) is 24.6. The van der Waals surface area contributed by atoms with E-state index < -0.39 is 0 Å². The van der Waals surface area contributed by atoms with Gasteiger partial charge in [0.1, 0.15) is 0 Å². The first kappa shape index (κ1) is 19.3. The van der Waals surface area contributed by atoms with E-state index in [1.165, 1.54) is 22.5 Å². The van der Waals surface area contributed by atoms with Gasteiger partial charge in [0.15, 0.2) is 5.82 Å². The van der Waals surface area contributed by atoms with Crippen molar-refractivity contribution in [1.29, 1.82) is 0 Å². The molecule has 1 aliphatic heterocycles. The van der Waals surface area contributed by atoms with Crippen LogP contribution in [0, 0.1) is 6.92 Å². The van der Waals surface area contributed by atoms with Crippen LogP contribution in [-0.2, 0) is 6.42 Å². The van der Waals surface area contributed by atoms with Crippen molar-refractivity contribution in [2.45, 2.75) is 26.3 Å². The fourth-order valence-electron chi connectivity index (χ4n) is 3.87. The molecule has 2 aromatic heterocycles. The topological polar surface area (TPSA) is 77.1 Å². The number of aliphatic hydroxyl groups is 1. The van der Waals surface area contributed by atoms with Crippen LogP contribution in [0.2, 0.25) is 0 Å². The number of piperazine rings is 1. The highest BCUT2D eigenvalue weighted by molar-refractivity contribution is 7.17. The molecule has 28 heavy (non-hydrogen) atoms. The van der Waals surface area contributed by atoms with Crippen LogP contribution in [0.15, 0.2) is 24.3 Å². The molecule has 0 radical (unpaired) electrons. The Bertz CT molecular complexity index is 945. The quantitative estimate of drug-likeness (QED) is 0.659. The second-order valence-corrected chi connectivity index (χ2v) is 8.29. The molecule has 0 aliphatic carbocycles. The first-order chi connectivity index (χ1) is 13.6. The molecular weight excluding hydrogens is 374 g/mol. The molecule has 8 heteroatoms. The van der Waals surface area contributed by atoms with Gasteiger partial charge in [-0.25, -0.2) is 4.98 Å². The van der Waals surface area contributed by atoms with Gasteiger partial charge in [0, 0.05) is 39.1 Å². The van der Waals surface area contributed by atoms with Gasteiger partial charge in [-0.3, -0.25) is 9.80 Å². The minimum atomic E-state index is -0.0326. The van der Waals surface area contributed by atoms with Crippen LogP contribution in [0.5, 0.6) is 5.88 Å². The van der Waals surface area contributed by atoms with Gasteiger partial charge in [-0.05, 0) is 12.5 Å². The third-order valence-electron chi connectivity index (χ3n) is 5.35. The Kier molecular flexibility index (Phi) is 5.63. The van der Waals surface area contributed by atoms with Crippen molar-refractivity contribution in [1.82, 2.24) is 24.4 Å². The van der Waals surface area contributed by atoms with E-state index in [0.29, 0.717) is 6.54 Å². The third-order valence-corrected chi connectivity index (χ3v) is 6.43.